The zero-order valence-electron chi connectivity index (χ0n) is 16.8. The van der Waals surface area contributed by atoms with Gasteiger partial charge >= 0.3 is 0 Å². The van der Waals surface area contributed by atoms with E-state index in [1.807, 2.05) is 6.07 Å². The first kappa shape index (κ1) is 20.5. The van der Waals surface area contributed by atoms with Crippen LogP contribution in [0.1, 0.15) is 12.8 Å². The van der Waals surface area contributed by atoms with Crippen LogP contribution in [-0.2, 0) is 22.0 Å². The second-order valence-electron chi connectivity index (χ2n) is 7.20. The molecule has 3 aromatic rings. The third-order valence-corrected chi connectivity index (χ3v) is 6.14. The molecule has 1 fully saturated rings. The predicted octanol–water partition coefficient (Wildman–Crippen LogP) is 1.97. The van der Waals surface area contributed by atoms with Gasteiger partial charge in [0.15, 0.2) is 0 Å². The van der Waals surface area contributed by atoms with Gasteiger partial charge in [-0.1, -0.05) is 0 Å². The molecule has 10 heteroatoms. The van der Waals surface area contributed by atoms with Crippen molar-refractivity contribution >= 4 is 26.8 Å². The SMILES string of the molecule is CNS(=O)(=O)Nc1ccc(OC2CCCOC2)c(-c2cn(C)c(=O)c3[nH]ccc23)c1. The first-order valence-corrected chi connectivity index (χ1v) is 11.1. The molecule has 30 heavy (non-hydrogen) atoms. The van der Waals surface area contributed by atoms with Crippen LogP contribution >= 0.6 is 0 Å². The highest BCUT2D eigenvalue weighted by molar-refractivity contribution is 7.90. The molecule has 3 heterocycles. The predicted molar refractivity (Wildman–Crippen MR) is 115 cm³/mol. The molecule has 0 amide bonds. The van der Waals surface area contributed by atoms with Crippen molar-refractivity contribution in [1.82, 2.24) is 14.3 Å². The lowest BCUT2D eigenvalue weighted by molar-refractivity contribution is 0.00769. The van der Waals surface area contributed by atoms with E-state index in [0.29, 0.717) is 29.1 Å². The lowest BCUT2D eigenvalue weighted by Gasteiger charge is -2.25. The van der Waals surface area contributed by atoms with E-state index in [4.69, 9.17) is 9.47 Å². The van der Waals surface area contributed by atoms with Crippen LogP contribution in [0.3, 0.4) is 0 Å². The monoisotopic (exact) mass is 432 g/mol. The molecule has 2 aromatic heterocycles. The van der Waals surface area contributed by atoms with E-state index >= 15 is 0 Å². The molecule has 0 bridgehead atoms. The number of anilines is 1. The van der Waals surface area contributed by atoms with Crippen LogP contribution in [0.25, 0.3) is 22.0 Å². The molecule has 1 aliphatic rings. The van der Waals surface area contributed by atoms with Crippen molar-refractivity contribution < 1.29 is 17.9 Å². The Hall–Kier alpha value is -2.82. The van der Waals surface area contributed by atoms with Crippen LogP contribution in [0.2, 0.25) is 0 Å². The van der Waals surface area contributed by atoms with Gasteiger partial charge in [-0.05, 0) is 37.1 Å². The van der Waals surface area contributed by atoms with Gasteiger partial charge in [0.2, 0.25) is 0 Å². The lowest BCUT2D eigenvalue weighted by atomic mass is 10.0. The van der Waals surface area contributed by atoms with Gasteiger partial charge in [0.1, 0.15) is 17.4 Å². The quantitative estimate of drug-likeness (QED) is 0.551. The Bertz CT molecular complexity index is 1230. The van der Waals surface area contributed by atoms with Gasteiger partial charge in [-0.2, -0.15) is 8.42 Å². The molecule has 4 rings (SSSR count). The molecule has 3 N–H and O–H groups in total. The van der Waals surface area contributed by atoms with Crippen LogP contribution in [0.4, 0.5) is 5.69 Å². The summed E-state index contributed by atoms with van der Waals surface area (Å²) in [5.41, 5.74) is 2.14. The normalized spacial score (nSPS) is 17.2. The minimum absolute atomic E-state index is 0.0911. The average Bonchev–Trinajstić information content (AvgIpc) is 3.23. The number of rotatable bonds is 6. The highest BCUT2D eigenvalue weighted by atomic mass is 32.2. The van der Waals surface area contributed by atoms with Crippen molar-refractivity contribution in [2.45, 2.75) is 18.9 Å². The molecule has 0 radical (unpaired) electrons. The number of nitrogens with zero attached hydrogens (tertiary/aromatic N) is 1. The van der Waals surface area contributed by atoms with Gasteiger partial charge in [0, 0.05) is 49.6 Å². The Labute approximate surface area is 174 Å². The summed E-state index contributed by atoms with van der Waals surface area (Å²) in [4.78, 5) is 15.4. The van der Waals surface area contributed by atoms with Crippen LogP contribution in [0.5, 0.6) is 5.75 Å². The largest absolute Gasteiger partial charge is 0.487 e. The number of pyridine rings is 1. The van der Waals surface area contributed by atoms with Gasteiger partial charge in [0.05, 0.1) is 12.3 Å². The molecular weight excluding hydrogens is 408 g/mol. The molecule has 160 valence electrons. The number of hydrogen-bond donors (Lipinski definition) is 3. The molecule has 1 aromatic carbocycles. The van der Waals surface area contributed by atoms with Crippen LogP contribution in [0.15, 0.2) is 41.5 Å². The maximum atomic E-state index is 12.5. The number of aromatic amines is 1. The van der Waals surface area contributed by atoms with Crippen molar-refractivity contribution in [2.24, 2.45) is 7.05 Å². The topological polar surface area (TPSA) is 114 Å². The number of benzene rings is 1. The third-order valence-electron chi connectivity index (χ3n) is 5.10. The number of ether oxygens (including phenoxy) is 2. The summed E-state index contributed by atoms with van der Waals surface area (Å²) in [6.45, 7) is 1.22. The maximum Gasteiger partial charge on any atom is 0.298 e. The number of H-pyrrole nitrogens is 1. The van der Waals surface area contributed by atoms with Crippen LogP contribution in [0, 0.1) is 0 Å². The second kappa shape index (κ2) is 8.13. The van der Waals surface area contributed by atoms with Crippen molar-refractivity contribution in [2.75, 3.05) is 25.0 Å². The van der Waals surface area contributed by atoms with E-state index < -0.39 is 10.2 Å². The Morgan fingerprint density at radius 1 is 1.27 bits per heavy atom. The summed E-state index contributed by atoms with van der Waals surface area (Å²) >= 11 is 0. The Balaban J connectivity index is 1.85. The Morgan fingerprint density at radius 2 is 2.10 bits per heavy atom. The zero-order chi connectivity index (χ0) is 21.3. The fourth-order valence-corrected chi connectivity index (χ4v) is 4.12. The number of aryl methyl sites for hydroxylation is 1. The van der Waals surface area contributed by atoms with Crippen molar-refractivity contribution in [3.8, 4) is 16.9 Å². The van der Waals surface area contributed by atoms with Crippen molar-refractivity contribution in [3.63, 3.8) is 0 Å². The fourth-order valence-electron chi connectivity index (χ4n) is 3.58. The minimum Gasteiger partial charge on any atom is -0.487 e. The highest BCUT2D eigenvalue weighted by Crippen LogP contribution is 2.37. The molecule has 0 spiro atoms. The summed E-state index contributed by atoms with van der Waals surface area (Å²) in [5, 5.41) is 0.733. The van der Waals surface area contributed by atoms with Crippen LogP contribution < -0.4 is 19.7 Å². The Kier molecular flexibility index (Phi) is 5.54. The van der Waals surface area contributed by atoms with Crippen molar-refractivity contribution in [3.05, 3.63) is 47.0 Å². The van der Waals surface area contributed by atoms with E-state index in [1.54, 1.807) is 37.6 Å². The molecule has 0 aliphatic carbocycles. The van der Waals surface area contributed by atoms with E-state index in [2.05, 4.69) is 14.4 Å². The fraction of sp³-hybridized carbons (Fsp3) is 0.350. The molecule has 0 saturated carbocycles. The number of fused-ring (bicyclic) bond motifs is 1. The molecule has 9 nitrogen and oxygen atoms in total. The average molecular weight is 433 g/mol. The van der Waals surface area contributed by atoms with Gasteiger partial charge in [-0.3, -0.25) is 9.52 Å². The summed E-state index contributed by atoms with van der Waals surface area (Å²) in [6.07, 6.45) is 5.14. The van der Waals surface area contributed by atoms with Crippen LogP contribution in [-0.4, -0.2) is 44.3 Å². The number of hydrogen-bond acceptors (Lipinski definition) is 5. The Morgan fingerprint density at radius 3 is 2.83 bits per heavy atom. The standard InChI is InChI=1S/C20H24N4O5S/c1-21-30(26,27)23-13-5-6-18(29-14-4-3-9-28-12-14)16(10-13)17-11-24(2)20(25)19-15(17)7-8-22-19/h5-8,10-11,14,21-23H,3-4,9,12H2,1-2H3. The van der Waals surface area contributed by atoms with E-state index in [1.165, 1.54) is 11.6 Å². The zero-order valence-corrected chi connectivity index (χ0v) is 17.6. The summed E-state index contributed by atoms with van der Waals surface area (Å²) < 4.78 is 41.9. The smallest absolute Gasteiger partial charge is 0.298 e. The van der Waals surface area contributed by atoms with E-state index in [9.17, 15) is 13.2 Å². The number of nitrogens with one attached hydrogen (secondary N) is 3. The van der Waals surface area contributed by atoms with Gasteiger partial charge in [-0.25, -0.2) is 4.72 Å². The first-order valence-electron chi connectivity index (χ1n) is 9.65. The van der Waals surface area contributed by atoms with E-state index in [-0.39, 0.29) is 11.7 Å². The summed E-state index contributed by atoms with van der Waals surface area (Å²) in [7, 11) is -0.671. The first-order chi connectivity index (χ1) is 14.4. The van der Waals surface area contributed by atoms with Crippen molar-refractivity contribution in [1.29, 1.82) is 0 Å². The second-order valence-corrected chi connectivity index (χ2v) is 8.82. The van der Waals surface area contributed by atoms with E-state index in [0.717, 1.165) is 30.4 Å². The number of aromatic nitrogens is 2. The maximum absolute atomic E-state index is 12.5. The van der Waals surface area contributed by atoms with Gasteiger partial charge < -0.3 is 19.0 Å². The molecule has 1 aliphatic heterocycles. The third kappa shape index (κ3) is 4.07. The summed E-state index contributed by atoms with van der Waals surface area (Å²) in [6, 6.07) is 6.92. The highest BCUT2D eigenvalue weighted by Gasteiger charge is 2.20. The van der Waals surface area contributed by atoms with Gasteiger partial charge in [-0.15, -0.1) is 0 Å². The molecule has 1 unspecified atom stereocenters. The van der Waals surface area contributed by atoms with Gasteiger partial charge in [0.25, 0.3) is 15.8 Å². The lowest BCUT2D eigenvalue weighted by Crippen LogP contribution is -2.28. The molecular formula is C20H24N4O5S. The molecule has 1 saturated heterocycles. The summed E-state index contributed by atoms with van der Waals surface area (Å²) in [5.74, 6) is 0.596. The minimum atomic E-state index is -3.68. The molecule has 1 atom stereocenters.